The first-order chi connectivity index (χ1) is 7.67. The van der Waals surface area contributed by atoms with Crippen molar-refractivity contribution in [3.63, 3.8) is 0 Å². The average molecular weight is 232 g/mol. The number of benzene rings is 1. The lowest BCUT2D eigenvalue weighted by atomic mass is 10.1. The normalized spacial score (nSPS) is 16.8. The molecule has 1 saturated carbocycles. The van der Waals surface area contributed by atoms with Gasteiger partial charge in [-0.2, -0.15) is 5.26 Å². The van der Waals surface area contributed by atoms with Gasteiger partial charge in [-0.1, -0.05) is 12.1 Å². The summed E-state index contributed by atoms with van der Waals surface area (Å²) in [5, 5.41) is 8.75. The van der Waals surface area contributed by atoms with Crippen LogP contribution >= 0.6 is 11.8 Å². The van der Waals surface area contributed by atoms with E-state index in [1.54, 1.807) is 11.8 Å². The summed E-state index contributed by atoms with van der Waals surface area (Å²) in [6.45, 7) is 2.03. The summed E-state index contributed by atoms with van der Waals surface area (Å²) in [5.41, 5.74) is 8.33. The minimum absolute atomic E-state index is 0.287. The van der Waals surface area contributed by atoms with Gasteiger partial charge in [-0.05, 0) is 36.8 Å². The second-order valence-electron chi connectivity index (χ2n) is 4.61. The molecule has 1 fully saturated rings. The van der Waals surface area contributed by atoms with Crippen LogP contribution in [0.25, 0.3) is 0 Å². The summed E-state index contributed by atoms with van der Waals surface area (Å²) in [7, 11) is 0. The molecule has 1 aromatic rings. The molecule has 16 heavy (non-hydrogen) atoms. The van der Waals surface area contributed by atoms with Gasteiger partial charge in [-0.15, -0.1) is 11.8 Å². The summed E-state index contributed by atoms with van der Waals surface area (Å²) in [6, 6.07) is 8.42. The lowest BCUT2D eigenvalue weighted by Crippen LogP contribution is -2.03. The Labute approximate surface area is 101 Å². The highest BCUT2D eigenvalue weighted by Gasteiger charge is 2.42. The fraction of sp³-hybridized carbons (Fsp3) is 0.462. The van der Waals surface area contributed by atoms with Crippen molar-refractivity contribution in [2.45, 2.75) is 31.1 Å². The first-order valence-electron chi connectivity index (χ1n) is 5.52. The SMILES string of the molecule is Cc1cccc(SCC2(CC#N)CC2)c1N. The highest BCUT2D eigenvalue weighted by Crippen LogP contribution is 2.52. The number of nitriles is 1. The van der Waals surface area contributed by atoms with Crippen molar-refractivity contribution in [1.82, 2.24) is 0 Å². The van der Waals surface area contributed by atoms with Gasteiger partial charge in [0, 0.05) is 22.8 Å². The molecule has 3 heteroatoms. The molecule has 0 unspecified atom stereocenters. The molecule has 0 spiro atoms. The van der Waals surface area contributed by atoms with Crippen LogP contribution < -0.4 is 5.73 Å². The number of hydrogen-bond acceptors (Lipinski definition) is 3. The number of para-hydroxylation sites is 1. The molecular weight excluding hydrogens is 216 g/mol. The highest BCUT2D eigenvalue weighted by molar-refractivity contribution is 7.99. The quantitative estimate of drug-likeness (QED) is 0.639. The van der Waals surface area contributed by atoms with Crippen LogP contribution in [-0.4, -0.2) is 5.75 Å². The number of anilines is 1. The smallest absolute Gasteiger partial charge is 0.0627 e. The van der Waals surface area contributed by atoms with E-state index in [9.17, 15) is 0 Å². The zero-order valence-electron chi connectivity index (χ0n) is 9.49. The van der Waals surface area contributed by atoms with Gasteiger partial charge in [0.25, 0.3) is 0 Å². The van der Waals surface area contributed by atoms with Gasteiger partial charge >= 0.3 is 0 Å². The third kappa shape index (κ3) is 2.33. The van der Waals surface area contributed by atoms with Gasteiger partial charge in [0.1, 0.15) is 0 Å². The van der Waals surface area contributed by atoms with E-state index in [-0.39, 0.29) is 5.41 Å². The first-order valence-corrected chi connectivity index (χ1v) is 6.50. The van der Waals surface area contributed by atoms with Crippen molar-refractivity contribution >= 4 is 17.4 Å². The summed E-state index contributed by atoms with van der Waals surface area (Å²) in [5.74, 6) is 1.02. The van der Waals surface area contributed by atoms with E-state index >= 15 is 0 Å². The molecule has 84 valence electrons. The molecule has 0 saturated heterocycles. The van der Waals surface area contributed by atoms with Crippen LogP contribution in [0.4, 0.5) is 5.69 Å². The molecule has 1 aliphatic carbocycles. The van der Waals surface area contributed by atoms with Crippen LogP contribution in [0, 0.1) is 23.7 Å². The molecule has 1 aromatic carbocycles. The predicted octanol–water partition coefficient (Wildman–Crippen LogP) is 3.36. The lowest BCUT2D eigenvalue weighted by molar-refractivity contribution is 0.604. The zero-order valence-corrected chi connectivity index (χ0v) is 10.3. The van der Waals surface area contributed by atoms with E-state index < -0.39 is 0 Å². The molecule has 2 rings (SSSR count). The maximum Gasteiger partial charge on any atom is 0.0627 e. The summed E-state index contributed by atoms with van der Waals surface area (Å²) >= 11 is 1.79. The molecule has 0 bridgehead atoms. The molecule has 0 heterocycles. The van der Waals surface area contributed by atoms with E-state index in [2.05, 4.69) is 12.1 Å². The Morgan fingerprint density at radius 1 is 1.50 bits per heavy atom. The van der Waals surface area contributed by atoms with Crippen LogP contribution in [0.5, 0.6) is 0 Å². The Kier molecular flexibility index (Phi) is 3.11. The summed E-state index contributed by atoms with van der Waals surface area (Å²) in [4.78, 5) is 1.16. The van der Waals surface area contributed by atoms with Crippen LogP contribution in [-0.2, 0) is 0 Å². The minimum atomic E-state index is 0.287. The van der Waals surface area contributed by atoms with Crippen molar-refractivity contribution < 1.29 is 0 Å². The highest BCUT2D eigenvalue weighted by atomic mass is 32.2. The Morgan fingerprint density at radius 3 is 2.88 bits per heavy atom. The van der Waals surface area contributed by atoms with E-state index in [0.717, 1.165) is 21.9 Å². The Bertz CT molecular complexity index is 430. The Hall–Kier alpha value is -1.14. The molecule has 1 aliphatic rings. The molecule has 0 amide bonds. The number of nitrogen functional groups attached to an aromatic ring is 1. The van der Waals surface area contributed by atoms with E-state index in [1.165, 1.54) is 12.8 Å². The maximum atomic E-state index is 8.75. The Morgan fingerprint density at radius 2 is 2.25 bits per heavy atom. The number of rotatable bonds is 4. The van der Waals surface area contributed by atoms with Crippen molar-refractivity contribution in [2.75, 3.05) is 11.5 Å². The molecule has 0 radical (unpaired) electrons. The number of aryl methyl sites for hydroxylation is 1. The second kappa shape index (κ2) is 4.39. The standard InChI is InChI=1S/C13H16N2S/c1-10-3-2-4-11(12(10)15)16-9-13(5-6-13)7-8-14/h2-4H,5-7,9,15H2,1H3. The van der Waals surface area contributed by atoms with Gasteiger partial charge in [0.05, 0.1) is 6.07 Å². The predicted molar refractivity (Wildman–Crippen MR) is 68.2 cm³/mol. The van der Waals surface area contributed by atoms with Crippen LogP contribution in [0.2, 0.25) is 0 Å². The van der Waals surface area contributed by atoms with Crippen molar-refractivity contribution in [3.8, 4) is 6.07 Å². The van der Waals surface area contributed by atoms with E-state index in [4.69, 9.17) is 11.0 Å². The second-order valence-corrected chi connectivity index (χ2v) is 5.63. The number of nitrogens with two attached hydrogens (primary N) is 1. The van der Waals surface area contributed by atoms with Gasteiger partial charge in [-0.3, -0.25) is 0 Å². The van der Waals surface area contributed by atoms with Crippen LogP contribution in [0.1, 0.15) is 24.8 Å². The largest absolute Gasteiger partial charge is 0.398 e. The molecule has 0 atom stereocenters. The number of nitrogens with zero attached hydrogens (tertiary/aromatic N) is 1. The monoisotopic (exact) mass is 232 g/mol. The molecule has 2 N–H and O–H groups in total. The topological polar surface area (TPSA) is 49.8 Å². The minimum Gasteiger partial charge on any atom is -0.398 e. The van der Waals surface area contributed by atoms with Crippen molar-refractivity contribution in [1.29, 1.82) is 5.26 Å². The average Bonchev–Trinajstić information content (AvgIpc) is 3.02. The van der Waals surface area contributed by atoms with Gasteiger partial charge < -0.3 is 5.73 Å². The molecule has 0 aromatic heterocycles. The summed E-state index contributed by atoms with van der Waals surface area (Å²) in [6.07, 6.45) is 3.07. The zero-order chi connectivity index (χ0) is 11.6. The third-order valence-corrected chi connectivity index (χ3v) is 4.65. The van der Waals surface area contributed by atoms with Crippen LogP contribution in [0.3, 0.4) is 0 Å². The van der Waals surface area contributed by atoms with Crippen LogP contribution in [0.15, 0.2) is 23.1 Å². The third-order valence-electron chi connectivity index (χ3n) is 3.23. The molecular formula is C13H16N2S. The van der Waals surface area contributed by atoms with Gasteiger partial charge in [0.2, 0.25) is 0 Å². The van der Waals surface area contributed by atoms with Crippen molar-refractivity contribution in [2.24, 2.45) is 5.41 Å². The van der Waals surface area contributed by atoms with E-state index in [1.807, 2.05) is 19.1 Å². The molecule has 2 nitrogen and oxygen atoms in total. The summed E-state index contributed by atoms with van der Waals surface area (Å²) < 4.78 is 0. The molecule has 0 aliphatic heterocycles. The number of hydrogen-bond donors (Lipinski definition) is 1. The fourth-order valence-corrected chi connectivity index (χ4v) is 3.07. The van der Waals surface area contributed by atoms with Gasteiger partial charge in [0.15, 0.2) is 0 Å². The Balaban J connectivity index is 2.00. The van der Waals surface area contributed by atoms with Gasteiger partial charge in [-0.25, -0.2) is 0 Å². The maximum absolute atomic E-state index is 8.75. The fourth-order valence-electron chi connectivity index (χ4n) is 1.73. The lowest BCUT2D eigenvalue weighted by Gasteiger charge is -2.12. The van der Waals surface area contributed by atoms with Crippen molar-refractivity contribution in [3.05, 3.63) is 23.8 Å². The van der Waals surface area contributed by atoms with E-state index in [0.29, 0.717) is 6.42 Å². The first kappa shape index (κ1) is 11.3. The number of thioether (sulfide) groups is 1.